The molecule has 17 heteroatoms. The SMILES string of the molecule is O=S([O-])Oc1ccc([As](c2cccc(S(=O)(=O)O)c2)c2cccc(S(=O)(=O)O)c2)cc1S(=O)(=O)O. The molecule has 3 rings (SSSR count). The van der Waals surface area contributed by atoms with E-state index in [-0.39, 0.29) is 13.1 Å². The van der Waals surface area contributed by atoms with Crippen molar-refractivity contribution in [3.63, 3.8) is 0 Å². The van der Waals surface area contributed by atoms with Gasteiger partial charge in [0.2, 0.25) is 0 Å². The van der Waals surface area contributed by atoms with Crippen molar-refractivity contribution in [1.82, 2.24) is 0 Å². The topological polar surface area (TPSA) is 212 Å². The van der Waals surface area contributed by atoms with E-state index in [0.717, 1.165) is 36.4 Å². The zero-order chi connectivity index (χ0) is 26.2. The molecule has 0 spiro atoms. The molecule has 188 valence electrons. The van der Waals surface area contributed by atoms with Gasteiger partial charge in [0.15, 0.2) is 0 Å². The van der Waals surface area contributed by atoms with Gasteiger partial charge in [-0.2, -0.15) is 0 Å². The Morgan fingerprint density at radius 3 is 1.54 bits per heavy atom. The number of hydrogen-bond donors (Lipinski definition) is 3. The molecule has 0 amide bonds. The van der Waals surface area contributed by atoms with E-state index in [1.165, 1.54) is 30.3 Å². The van der Waals surface area contributed by atoms with E-state index < -0.39 is 76.8 Å². The van der Waals surface area contributed by atoms with Gasteiger partial charge in [-0.05, 0) is 0 Å². The van der Waals surface area contributed by atoms with Crippen LogP contribution in [0.5, 0.6) is 5.75 Å². The van der Waals surface area contributed by atoms with E-state index in [2.05, 4.69) is 4.18 Å². The summed E-state index contributed by atoms with van der Waals surface area (Å²) in [6, 6.07) is 13.1. The van der Waals surface area contributed by atoms with E-state index in [9.17, 15) is 47.7 Å². The number of benzene rings is 3. The summed E-state index contributed by atoms with van der Waals surface area (Å²) < 4.78 is 126. The van der Waals surface area contributed by atoms with Gasteiger partial charge in [-0.15, -0.1) is 0 Å². The van der Waals surface area contributed by atoms with Crippen LogP contribution in [0.3, 0.4) is 0 Å². The molecule has 0 fully saturated rings. The second-order valence-electron chi connectivity index (χ2n) is 6.67. The van der Waals surface area contributed by atoms with Crippen LogP contribution in [0.25, 0.3) is 0 Å². The molecule has 1 unspecified atom stereocenters. The number of rotatable bonds is 8. The van der Waals surface area contributed by atoms with E-state index in [1.807, 2.05) is 0 Å². The molecule has 3 aromatic carbocycles. The van der Waals surface area contributed by atoms with E-state index in [1.54, 1.807) is 0 Å². The van der Waals surface area contributed by atoms with Crippen LogP contribution in [-0.4, -0.2) is 62.3 Å². The van der Waals surface area contributed by atoms with Crippen LogP contribution in [0.2, 0.25) is 0 Å². The molecule has 3 aromatic rings. The minimum atomic E-state index is -5.01. The van der Waals surface area contributed by atoms with Crippen molar-refractivity contribution in [2.45, 2.75) is 14.7 Å². The molecule has 3 N–H and O–H groups in total. The summed E-state index contributed by atoms with van der Waals surface area (Å²) >= 11 is -6.27. The van der Waals surface area contributed by atoms with Crippen molar-refractivity contribution >= 4 is 69.4 Å². The molecule has 0 aliphatic carbocycles. The van der Waals surface area contributed by atoms with Gasteiger partial charge in [0.25, 0.3) is 0 Å². The van der Waals surface area contributed by atoms with Crippen molar-refractivity contribution in [1.29, 1.82) is 0 Å². The first kappa shape index (κ1) is 27.4. The van der Waals surface area contributed by atoms with Crippen LogP contribution in [-0.2, 0) is 41.7 Å². The third-order valence-corrected chi connectivity index (χ3v) is 12.3. The zero-order valence-electron chi connectivity index (χ0n) is 16.9. The average molecular weight is 625 g/mol. The van der Waals surface area contributed by atoms with Gasteiger partial charge in [0, 0.05) is 0 Å². The molecular formula is C18H14AsO12S4-. The zero-order valence-corrected chi connectivity index (χ0v) is 22.1. The van der Waals surface area contributed by atoms with E-state index in [4.69, 9.17) is 0 Å². The second-order valence-corrected chi connectivity index (χ2v) is 16.1. The third kappa shape index (κ3) is 6.75. The van der Waals surface area contributed by atoms with Crippen molar-refractivity contribution in [2.24, 2.45) is 0 Å². The van der Waals surface area contributed by atoms with Gasteiger partial charge in [0.05, 0.1) is 0 Å². The first-order valence-corrected chi connectivity index (χ1v) is 17.1. The molecule has 0 heterocycles. The Morgan fingerprint density at radius 2 is 1.14 bits per heavy atom. The van der Waals surface area contributed by atoms with E-state index >= 15 is 0 Å². The van der Waals surface area contributed by atoms with Crippen molar-refractivity contribution in [2.75, 3.05) is 0 Å². The molecule has 0 bridgehead atoms. The molecular weight excluding hydrogens is 611 g/mol. The Labute approximate surface area is 207 Å². The standard InChI is InChI=1S/C18H15AsO12S4/c20-32(21)31-17-8-7-14(11-18(17)35(28,29)30)19(12-3-1-5-15(9-12)33(22,23)24)13-4-2-6-16(10-13)34(25,26)27/h1-11H,(H,20,21)(H,22,23,24)(H,25,26,27)(H,28,29,30)/p-1. The van der Waals surface area contributed by atoms with Crippen LogP contribution in [0.15, 0.2) is 81.4 Å². The van der Waals surface area contributed by atoms with Gasteiger partial charge in [-0.25, -0.2) is 0 Å². The molecule has 0 aliphatic heterocycles. The first-order chi connectivity index (χ1) is 16.1. The monoisotopic (exact) mass is 625 g/mol. The summed E-state index contributed by atoms with van der Waals surface area (Å²) in [6.07, 6.45) is 0. The van der Waals surface area contributed by atoms with Gasteiger partial charge in [0.1, 0.15) is 0 Å². The van der Waals surface area contributed by atoms with Gasteiger partial charge in [-0.3, -0.25) is 0 Å². The maximum atomic E-state index is 11.9. The summed E-state index contributed by atoms with van der Waals surface area (Å²) in [5.41, 5.74) is 0. The molecule has 0 aromatic heterocycles. The van der Waals surface area contributed by atoms with Crippen LogP contribution in [0.1, 0.15) is 0 Å². The molecule has 0 aliphatic rings. The fourth-order valence-electron chi connectivity index (χ4n) is 2.99. The minimum absolute atomic E-state index is 0.161. The number of hydrogen-bond acceptors (Lipinski definition) is 9. The Kier molecular flexibility index (Phi) is 7.90. The predicted molar refractivity (Wildman–Crippen MR) is 123 cm³/mol. The summed E-state index contributed by atoms with van der Waals surface area (Å²) in [7, 11) is -14.3. The van der Waals surface area contributed by atoms with Crippen molar-refractivity contribution in [3.05, 3.63) is 66.7 Å². The molecule has 0 saturated heterocycles. The van der Waals surface area contributed by atoms with Gasteiger partial charge < -0.3 is 0 Å². The fourth-order valence-corrected chi connectivity index (χ4v) is 10.6. The molecule has 12 nitrogen and oxygen atoms in total. The third-order valence-electron chi connectivity index (χ3n) is 4.37. The Hall–Kier alpha value is -2.14. The summed E-state index contributed by atoms with van der Waals surface area (Å²) in [5, 5.41) is 0. The van der Waals surface area contributed by atoms with Gasteiger partial charge in [-0.1, -0.05) is 0 Å². The molecule has 0 saturated carbocycles. The quantitative estimate of drug-likeness (QED) is 0.158. The predicted octanol–water partition coefficient (Wildman–Crippen LogP) is -0.884. The second kappa shape index (κ2) is 10.1. The van der Waals surface area contributed by atoms with Crippen LogP contribution in [0.4, 0.5) is 0 Å². The van der Waals surface area contributed by atoms with Crippen molar-refractivity contribution in [3.8, 4) is 5.75 Å². The Balaban J connectivity index is 2.35. The first-order valence-electron chi connectivity index (χ1n) is 8.92. The van der Waals surface area contributed by atoms with Crippen LogP contribution >= 0.6 is 0 Å². The average Bonchev–Trinajstić information content (AvgIpc) is 2.73. The fraction of sp³-hybridized carbons (Fsp3) is 0. The van der Waals surface area contributed by atoms with Crippen LogP contribution in [0, 0.1) is 0 Å². The summed E-state index contributed by atoms with van der Waals surface area (Å²) in [6.45, 7) is 0. The van der Waals surface area contributed by atoms with Gasteiger partial charge >= 0.3 is 208 Å². The summed E-state index contributed by atoms with van der Waals surface area (Å²) in [5.74, 6) is -0.711. The Bertz CT molecular complexity index is 1560. The Morgan fingerprint density at radius 1 is 0.686 bits per heavy atom. The maximum absolute atomic E-state index is 11.9. The molecule has 35 heavy (non-hydrogen) atoms. The molecule has 1 atom stereocenters. The van der Waals surface area contributed by atoms with Crippen LogP contribution < -0.4 is 17.2 Å². The van der Waals surface area contributed by atoms with Crippen molar-refractivity contribution < 1.29 is 51.9 Å². The van der Waals surface area contributed by atoms with E-state index in [0.29, 0.717) is 0 Å². The normalized spacial score (nSPS) is 13.5. The summed E-state index contributed by atoms with van der Waals surface area (Å²) in [4.78, 5) is -1.88. The molecule has 0 radical (unpaired) electrons.